The number of nitrogens with zero attached hydrogens (tertiary/aromatic N) is 5. The van der Waals surface area contributed by atoms with Crippen LogP contribution in [0.1, 0.15) is 0 Å². The summed E-state index contributed by atoms with van der Waals surface area (Å²) in [6.07, 6.45) is 1.74. The minimum Gasteiger partial charge on any atom is -0.436 e. The second-order valence-electron chi connectivity index (χ2n) is 7.02. The number of pyridine rings is 1. The summed E-state index contributed by atoms with van der Waals surface area (Å²) in [6.45, 7) is 2.22. The van der Waals surface area contributed by atoms with E-state index in [1.807, 2.05) is 54.2 Å². The molecule has 1 aliphatic heterocycles. The molecule has 8 heteroatoms. The first-order chi connectivity index (χ1) is 13.5. The number of aromatic nitrogens is 2. The molecule has 1 aromatic carbocycles. The van der Waals surface area contributed by atoms with Crippen molar-refractivity contribution < 1.29 is 14.3 Å². The van der Waals surface area contributed by atoms with Gasteiger partial charge in [0, 0.05) is 45.6 Å². The predicted molar refractivity (Wildman–Crippen MR) is 107 cm³/mol. The van der Waals surface area contributed by atoms with Crippen LogP contribution in [-0.4, -0.2) is 72.8 Å². The van der Waals surface area contributed by atoms with Crippen LogP contribution >= 0.6 is 0 Å². The van der Waals surface area contributed by atoms with Gasteiger partial charge in [0.05, 0.1) is 18.7 Å². The summed E-state index contributed by atoms with van der Waals surface area (Å²) in [5.74, 6) is 1.39. The van der Waals surface area contributed by atoms with Crippen molar-refractivity contribution in [1.29, 1.82) is 0 Å². The standard InChI is InChI=1S/C20H23N5O3/c1-23(2)18-6-3-14(12-21-18)20-22-16-11-15(4-5-17(16)28-20)25-8-7-24(9-10-26)13-19(25)27/h3-6,11-12,26H,7-10,13H2,1-2H3. The van der Waals surface area contributed by atoms with Crippen LogP contribution in [0.25, 0.3) is 22.6 Å². The van der Waals surface area contributed by atoms with Crippen molar-refractivity contribution in [2.45, 2.75) is 0 Å². The Balaban J connectivity index is 1.57. The number of anilines is 2. The average Bonchev–Trinajstić information content (AvgIpc) is 3.12. The highest BCUT2D eigenvalue weighted by Gasteiger charge is 2.25. The van der Waals surface area contributed by atoms with Crippen molar-refractivity contribution in [3.05, 3.63) is 36.5 Å². The molecule has 1 amide bonds. The topological polar surface area (TPSA) is 85.9 Å². The van der Waals surface area contributed by atoms with Crippen LogP contribution in [0.4, 0.5) is 11.5 Å². The number of carbonyl (C=O) groups is 1. The summed E-state index contributed by atoms with van der Waals surface area (Å²) in [7, 11) is 3.88. The highest BCUT2D eigenvalue weighted by Crippen LogP contribution is 2.28. The Bertz CT molecular complexity index is 983. The zero-order chi connectivity index (χ0) is 19.7. The van der Waals surface area contributed by atoms with Crippen LogP contribution in [0.3, 0.4) is 0 Å². The minimum atomic E-state index is 0.0197. The van der Waals surface area contributed by atoms with E-state index in [1.54, 1.807) is 11.1 Å². The fourth-order valence-electron chi connectivity index (χ4n) is 3.31. The molecule has 0 atom stereocenters. The van der Waals surface area contributed by atoms with E-state index in [1.165, 1.54) is 0 Å². The third-order valence-electron chi connectivity index (χ3n) is 4.85. The number of oxazole rings is 1. The lowest BCUT2D eigenvalue weighted by Gasteiger charge is -2.33. The SMILES string of the molecule is CN(C)c1ccc(-c2nc3cc(N4CCN(CCO)CC4=O)ccc3o2)cn1. The lowest BCUT2D eigenvalue weighted by Crippen LogP contribution is -2.51. The smallest absolute Gasteiger partial charge is 0.241 e. The maximum absolute atomic E-state index is 12.5. The molecule has 1 saturated heterocycles. The van der Waals surface area contributed by atoms with Crippen molar-refractivity contribution in [3.8, 4) is 11.5 Å². The number of piperazine rings is 1. The molecule has 8 nitrogen and oxygen atoms in total. The predicted octanol–water partition coefficient (Wildman–Crippen LogP) is 1.60. The molecule has 146 valence electrons. The summed E-state index contributed by atoms with van der Waals surface area (Å²) in [6, 6.07) is 9.45. The lowest BCUT2D eigenvalue weighted by molar-refractivity contribution is -0.121. The first-order valence-electron chi connectivity index (χ1n) is 9.23. The number of carbonyl (C=O) groups excluding carboxylic acids is 1. The number of rotatable bonds is 5. The summed E-state index contributed by atoms with van der Waals surface area (Å²) in [4.78, 5) is 27.1. The Morgan fingerprint density at radius 3 is 2.75 bits per heavy atom. The van der Waals surface area contributed by atoms with Crippen molar-refractivity contribution in [3.63, 3.8) is 0 Å². The van der Waals surface area contributed by atoms with Gasteiger partial charge in [-0.1, -0.05) is 0 Å². The van der Waals surface area contributed by atoms with Gasteiger partial charge >= 0.3 is 0 Å². The van der Waals surface area contributed by atoms with Gasteiger partial charge in [-0.05, 0) is 30.3 Å². The van der Waals surface area contributed by atoms with Gasteiger partial charge < -0.3 is 19.3 Å². The average molecular weight is 381 g/mol. The first kappa shape index (κ1) is 18.4. The molecule has 0 radical (unpaired) electrons. The normalized spacial score (nSPS) is 15.4. The van der Waals surface area contributed by atoms with Gasteiger partial charge in [-0.25, -0.2) is 9.97 Å². The highest BCUT2D eigenvalue weighted by molar-refractivity contribution is 5.97. The third-order valence-corrected chi connectivity index (χ3v) is 4.85. The maximum Gasteiger partial charge on any atom is 0.241 e. The van der Waals surface area contributed by atoms with Gasteiger partial charge in [-0.3, -0.25) is 9.69 Å². The molecule has 1 aliphatic rings. The van der Waals surface area contributed by atoms with E-state index >= 15 is 0 Å². The van der Waals surface area contributed by atoms with Gasteiger partial charge in [0.15, 0.2) is 5.58 Å². The minimum absolute atomic E-state index is 0.0197. The fourth-order valence-corrected chi connectivity index (χ4v) is 3.31. The summed E-state index contributed by atoms with van der Waals surface area (Å²) >= 11 is 0. The van der Waals surface area contributed by atoms with E-state index < -0.39 is 0 Å². The lowest BCUT2D eigenvalue weighted by atomic mass is 10.2. The van der Waals surface area contributed by atoms with E-state index in [2.05, 4.69) is 9.97 Å². The van der Waals surface area contributed by atoms with Crippen LogP contribution in [0.2, 0.25) is 0 Å². The molecule has 28 heavy (non-hydrogen) atoms. The van der Waals surface area contributed by atoms with E-state index in [4.69, 9.17) is 9.52 Å². The number of aliphatic hydroxyl groups excluding tert-OH is 1. The molecule has 3 heterocycles. The number of hydrogen-bond acceptors (Lipinski definition) is 7. The molecule has 1 N–H and O–H groups in total. The Labute approximate surface area is 163 Å². The van der Waals surface area contributed by atoms with E-state index in [-0.39, 0.29) is 12.5 Å². The van der Waals surface area contributed by atoms with Crippen molar-refractivity contribution in [1.82, 2.24) is 14.9 Å². The zero-order valence-corrected chi connectivity index (χ0v) is 16.0. The number of amides is 1. The van der Waals surface area contributed by atoms with Crippen LogP contribution in [0.15, 0.2) is 40.9 Å². The number of β-amino-alcohol motifs (C(OH)–C–C–N with tert-alkyl or cyclic N) is 1. The second kappa shape index (κ2) is 7.57. The van der Waals surface area contributed by atoms with Crippen LogP contribution in [0, 0.1) is 0 Å². The Hall–Kier alpha value is -2.97. The Kier molecular flexibility index (Phi) is 4.97. The molecule has 3 aromatic rings. The number of benzene rings is 1. The Morgan fingerprint density at radius 1 is 1.21 bits per heavy atom. The third kappa shape index (κ3) is 3.56. The summed E-state index contributed by atoms with van der Waals surface area (Å²) < 4.78 is 5.87. The maximum atomic E-state index is 12.5. The van der Waals surface area contributed by atoms with Crippen LogP contribution in [-0.2, 0) is 4.79 Å². The molecule has 2 aromatic heterocycles. The molecule has 0 aliphatic carbocycles. The van der Waals surface area contributed by atoms with Gasteiger partial charge in [0.2, 0.25) is 11.8 Å². The van der Waals surface area contributed by atoms with Crippen molar-refractivity contribution >= 4 is 28.5 Å². The van der Waals surface area contributed by atoms with Crippen molar-refractivity contribution in [2.75, 3.05) is 56.7 Å². The van der Waals surface area contributed by atoms with Crippen molar-refractivity contribution in [2.24, 2.45) is 0 Å². The van der Waals surface area contributed by atoms with Crippen LogP contribution in [0.5, 0.6) is 0 Å². The van der Waals surface area contributed by atoms with Gasteiger partial charge in [-0.15, -0.1) is 0 Å². The zero-order valence-electron chi connectivity index (χ0n) is 16.0. The summed E-state index contributed by atoms with van der Waals surface area (Å²) in [5.41, 5.74) is 2.98. The van der Waals surface area contributed by atoms with Gasteiger partial charge in [0.1, 0.15) is 11.3 Å². The largest absolute Gasteiger partial charge is 0.436 e. The van der Waals surface area contributed by atoms with Gasteiger partial charge in [0.25, 0.3) is 0 Å². The van der Waals surface area contributed by atoms with Gasteiger partial charge in [-0.2, -0.15) is 0 Å². The first-order valence-corrected chi connectivity index (χ1v) is 9.23. The fraction of sp³-hybridized carbons (Fsp3) is 0.350. The van der Waals surface area contributed by atoms with E-state index in [0.29, 0.717) is 36.6 Å². The molecule has 0 spiro atoms. The van der Waals surface area contributed by atoms with E-state index in [9.17, 15) is 4.79 Å². The second-order valence-corrected chi connectivity index (χ2v) is 7.02. The summed E-state index contributed by atoms with van der Waals surface area (Å²) in [5, 5.41) is 9.05. The Morgan fingerprint density at radius 2 is 2.07 bits per heavy atom. The molecular weight excluding hydrogens is 358 g/mol. The molecular formula is C20H23N5O3. The molecule has 0 saturated carbocycles. The van der Waals surface area contributed by atoms with E-state index in [0.717, 1.165) is 23.6 Å². The number of hydrogen-bond donors (Lipinski definition) is 1. The molecule has 4 rings (SSSR count). The quantitative estimate of drug-likeness (QED) is 0.718. The number of fused-ring (bicyclic) bond motifs is 1. The number of aliphatic hydroxyl groups is 1. The molecule has 1 fully saturated rings. The monoisotopic (exact) mass is 381 g/mol. The molecule has 0 unspecified atom stereocenters. The van der Waals surface area contributed by atoms with Crippen LogP contribution < -0.4 is 9.80 Å². The molecule has 0 bridgehead atoms. The highest BCUT2D eigenvalue weighted by atomic mass is 16.3.